The van der Waals surface area contributed by atoms with Crippen LogP contribution in [0.25, 0.3) is 11.4 Å². The van der Waals surface area contributed by atoms with Gasteiger partial charge in [-0.05, 0) is 19.4 Å². The first kappa shape index (κ1) is 10.6. The van der Waals surface area contributed by atoms with E-state index < -0.39 is 0 Å². The van der Waals surface area contributed by atoms with Crippen LogP contribution in [-0.4, -0.2) is 9.97 Å². The van der Waals surface area contributed by atoms with Crippen molar-refractivity contribution in [2.45, 2.75) is 13.8 Å². The van der Waals surface area contributed by atoms with Crippen LogP contribution in [-0.2, 0) is 0 Å². The van der Waals surface area contributed by atoms with Crippen LogP contribution in [0.2, 0.25) is 0 Å². The zero-order valence-corrected chi connectivity index (χ0v) is 9.36. The highest BCUT2D eigenvalue weighted by molar-refractivity contribution is 5.61. The Balaban J connectivity index is 2.56. The standard InChI is InChI=1S/C12H14N4/c1-8-5-3-4-6-10(8)12-14-9(2)7-11(15-12)16-13/h3-7H,13H2,1-2H3,(H,14,15,16). The number of rotatable bonds is 2. The van der Waals surface area contributed by atoms with Crippen molar-refractivity contribution >= 4 is 5.82 Å². The summed E-state index contributed by atoms with van der Waals surface area (Å²) in [5.74, 6) is 6.69. The predicted octanol–water partition coefficient (Wildman–Crippen LogP) is 2.05. The summed E-state index contributed by atoms with van der Waals surface area (Å²) in [4.78, 5) is 8.74. The highest BCUT2D eigenvalue weighted by Gasteiger charge is 2.06. The molecule has 82 valence electrons. The molecule has 2 rings (SSSR count). The lowest BCUT2D eigenvalue weighted by atomic mass is 10.1. The number of hydrogen-bond acceptors (Lipinski definition) is 4. The van der Waals surface area contributed by atoms with E-state index in [0.29, 0.717) is 11.6 Å². The molecule has 0 aliphatic carbocycles. The van der Waals surface area contributed by atoms with Gasteiger partial charge in [-0.1, -0.05) is 24.3 Å². The molecule has 0 aliphatic rings. The van der Waals surface area contributed by atoms with E-state index >= 15 is 0 Å². The fraction of sp³-hybridized carbons (Fsp3) is 0.167. The van der Waals surface area contributed by atoms with Crippen molar-refractivity contribution in [3.05, 3.63) is 41.6 Å². The van der Waals surface area contributed by atoms with Crippen LogP contribution in [0.1, 0.15) is 11.3 Å². The molecule has 0 bridgehead atoms. The normalized spacial score (nSPS) is 10.2. The fourth-order valence-corrected chi connectivity index (χ4v) is 1.59. The van der Waals surface area contributed by atoms with Gasteiger partial charge in [-0.2, -0.15) is 0 Å². The van der Waals surface area contributed by atoms with Gasteiger partial charge in [-0.25, -0.2) is 15.8 Å². The van der Waals surface area contributed by atoms with Gasteiger partial charge in [0.2, 0.25) is 0 Å². The molecule has 1 aromatic heterocycles. The molecule has 0 saturated carbocycles. The molecule has 4 heteroatoms. The minimum absolute atomic E-state index is 0.630. The van der Waals surface area contributed by atoms with Crippen molar-refractivity contribution in [2.75, 3.05) is 5.43 Å². The summed E-state index contributed by atoms with van der Waals surface area (Å²) in [6, 6.07) is 9.82. The Morgan fingerprint density at radius 1 is 1.12 bits per heavy atom. The average molecular weight is 214 g/mol. The quantitative estimate of drug-likeness (QED) is 0.593. The van der Waals surface area contributed by atoms with Gasteiger partial charge in [0.25, 0.3) is 0 Å². The molecule has 4 nitrogen and oxygen atoms in total. The van der Waals surface area contributed by atoms with Crippen molar-refractivity contribution in [2.24, 2.45) is 5.84 Å². The third kappa shape index (κ3) is 2.01. The Labute approximate surface area is 94.5 Å². The number of benzene rings is 1. The lowest BCUT2D eigenvalue weighted by molar-refractivity contribution is 1.09. The molecule has 16 heavy (non-hydrogen) atoms. The number of nitrogen functional groups attached to an aromatic ring is 1. The van der Waals surface area contributed by atoms with Crippen LogP contribution < -0.4 is 11.3 Å². The molecule has 0 saturated heterocycles. The topological polar surface area (TPSA) is 63.8 Å². The molecular formula is C12H14N4. The lowest BCUT2D eigenvalue weighted by Crippen LogP contribution is -2.10. The van der Waals surface area contributed by atoms with Crippen molar-refractivity contribution in [1.82, 2.24) is 9.97 Å². The molecular weight excluding hydrogens is 200 g/mol. The van der Waals surface area contributed by atoms with Crippen LogP contribution in [0.5, 0.6) is 0 Å². The first-order chi connectivity index (χ1) is 7.70. The average Bonchev–Trinajstić information content (AvgIpc) is 2.28. The maximum absolute atomic E-state index is 5.36. The van der Waals surface area contributed by atoms with Crippen LogP contribution in [0.15, 0.2) is 30.3 Å². The number of aryl methyl sites for hydroxylation is 2. The number of nitrogens with two attached hydrogens (primary N) is 1. The summed E-state index contributed by atoms with van der Waals surface area (Å²) in [6.45, 7) is 3.96. The molecule has 0 atom stereocenters. The lowest BCUT2D eigenvalue weighted by Gasteiger charge is -2.07. The van der Waals surface area contributed by atoms with Crippen molar-refractivity contribution < 1.29 is 0 Å². The van der Waals surface area contributed by atoms with E-state index in [-0.39, 0.29) is 0 Å². The largest absolute Gasteiger partial charge is 0.308 e. The van der Waals surface area contributed by atoms with Crippen LogP contribution in [0, 0.1) is 13.8 Å². The van der Waals surface area contributed by atoms with Crippen molar-refractivity contribution in [3.8, 4) is 11.4 Å². The van der Waals surface area contributed by atoms with Gasteiger partial charge in [0.05, 0.1) is 0 Å². The van der Waals surface area contributed by atoms with E-state index in [1.807, 2.05) is 44.2 Å². The minimum atomic E-state index is 0.630. The molecule has 0 amide bonds. The third-order valence-electron chi connectivity index (χ3n) is 2.39. The van der Waals surface area contributed by atoms with E-state index in [1.54, 1.807) is 0 Å². The summed E-state index contributed by atoms with van der Waals surface area (Å²) in [6.07, 6.45) is 0. The highest BCUT2D eigenvalue weighted by Crippen LogP contribution is 2.20. The Hall–Kier alpha value is -1.94. The molecule has 0 fully saturated rings. The van der Waals surface area contributed by atoms with Gasteiger partial charge >= 0.3 is 0 Å². The number of nitrogens with one attached hydrogen (secondary N) is 1. The van der Waals surface area contributed by atoms with Crippen molar-refractivity contribution in [1.29, 1.82) is 0 Å². The second-order valence-corrected chi connectivity index (χ2v) is 3.68. The van der Waals surface area contributed by atoms with E-state index in [2.05, 4.69) is 15.4 Å². The minimum Gasteiger partial charge on any atom is -0.308 e. The number of nitrogens with zero attached hydrogens (tertiary/aromatic N) is 2. The second-order valence-electron chi connectivity index (χ2n) is 3.68. The first-order valence-corrected chi connectivity index (χ1v) is 5.09. The van der Waals surface area contributed by atoms with Gasteiger partial charge in [-0.15, -0.1) is 0 Å². The van der Waals surface area contributed by atoms with E-state index in [0.717, 1.165) is 16.8 Å². The Kier molecular flexibility index (Phi) is 2.83. The summed E-state index contributed by atoms with van der Waals surface area (Å²) in [7, 11) is 0. The molecule has 3 N–H and O–H groups in total. The molecule has 0 spiro atoms. The highest BCUT2D eigenvalue weighted by atomic mass is 15.3. The number of hydrazine groups is 1. The SMILES string of the molecule is Cc1cc(NN)nc(-c2ccccc2C)n1. The third-order valence-corrected chi connectivity index (χ3v) is 2.39. The molecule has 1 aromatic carbocycles. The van der Waals surface area contributed by atoms with Gasteiger partial charge < -0.3 is 5.43 Å². The van der Waals surface area contributed by atoms with E-state index in [9.17, 15) is 0 Å². The smallest absolute Gasteiger partial charge is 0.162 e. The Morgan fingerprint density at radius 3 is 2.56 bits per heavy atom. The zero-order valence-electron chi connectivity index (χ0n) is 9.36. The summed E-state index contributed by atoms with van der Waals surface area (Å²) in [5.41, 5.74) is 5.62. The summed E-state index contributed by atoms with van der Waals surface area (Å²) >= 11 is 0. The van der Waals surface area contributed by atoms with E-state index in [4.69, 9.17) is 5.84 Å². The second kappa shape index (κ2) is 4.28. The summed E-state index contributed by atoms with van der Waals surface area (Å²) in [5, 5.41) is 0. The maximum atomic E-state index is 5.36. The Bertz CT molecular complexity index is 508. The summed E-state index contributed by atoms with van der Waals surface area (Å²) < 4.78 is 0. The number of aromatic nitrogens is 2. The Morgan fingerprint density at radius 2 is 1.88 bits per heavy atom. The molecule has 0 aliphatic heterocycles. The van der Waals surface area contributed by atoms with Gasteiger partial charge in [-0.3, -0.25) is 0 Å². The number of hydrogen-bond donors (Lipinski definition) is 2. The molecule has 0 unspecified atom stereocenters. The monoisotopic (exact) mass is 214 g/mol. The van der Waals surface area contributed by atoms with Gasteiger partial charge in [0.1, 0.15) is 5.82 Å². The van der Waals surface area contributed by atoms with E-state index in [1.165, 1.54) is 0 Å². The molecule has 1 heterocycles. The fourth-order valence-electron chi connectivity index (χ4n) is 1.59. The number of anilines is 1. The van der Waals surface area contributed by atoms with Crippen molar-refractivity contribution in [3.63, 3.8) is 0 Å². The van der Waals surface area contributed by atoms with Crippen LogP contribution in [0.3, 0.4) is 0 Å². The predicted molar refractivity (Wildman–Crippen MR) is 64.8 cm³/mol. The first-order valence-electron chi connectivity index (χ1n) is 5.09. The zero-order chi connectivity index (χ0) is 11.5. The van der Waals surface area contributed by atoms with Crippen LogP contribution >= 0.6 is 0 Å². The van der Waals surface area contributed by atoms with Gasteiger partial charge in [0, 0.05) is 17.3 Å². The molecule has 0 radical (unpaired) electrons. The van der Waals surface area contributed by atoms with Crippen LogP contribution in [0.4, 0.5) is 5.82 Å². The van der Waals surface area contributed by atoms with Gasteiger partial charge in [0.15, 0.2) is 5.82 Å². The maximum Gasteiger partial charge on any atom is 0.162 e. The molecule has 2 aromatic rings.